The summed E-state index contributed by atoms with van der Waals surface area (Å²) in [6, 6.07) is 5.55. The van der Waals surface area contributed by atoms with Gasteiger partial charge in [-0.25, -0.2) is 9.97 Å². The second-order valence-electron chi connectivity index (χ2n) is 4.65. The molecule has 2 aromatic rings. The Bertz CT molecular complexity index is 627. The third-order valence-corrected chi connectivity index (χ3v) is 3.73. The van der Waals surface area contributed by atoms with Crippen molar-refractivity contribution in [2.45, 2.75) is 27.2 Å². The Morgan fingerprint density at radius 1 is 1.10 bits per heavy atom. The highest BCUT2D eigenvalue weighted by Crippen LogP contribution is 2.31. The normalized spacial score (nSPS) is 10.7. The Balaban J connectivity index is 2.50. The predicted molar refractivity (Wildman–Crippen MR) is 85.7 cm³/mol. The lowest BCUT2D eigenvalue weighted by atomic mass is 10.1. The molecule has 0 saturated heterocycles. The summed E-state index contributed by atoms with van der Waals surface area (Å²) >= 11 is 12.1. The fourth-order valence-electron chi connectivity index (χ4n) is 1.97. The second-order valence-corrected chi connectivity index (χ2v) is 5.46. The maximum absolute atomic E-state index is 6.09. The van der Waals surface area contributed by atoms with Gasteiger partial charge in [0.05, 0.1) is 15.7 Å². The molecule has 2 rings (SSSR count). The summed E-state index contributed by atoms with van der Waals surface area (Å²) in [7, 11) is 0. The minimum Gasteiger partial charge on any atom is -0.370 e. The van der Waals surface area contributed by atoms with Gasteiger partial charge < -0.3 is 5.32 Å². The molecule has 0 unspecified atom stereocenters. The zero-order valence-electron chi connectivity index (χ0n) is 11.8. The van der Waals surface area contributed by atoms with Gasteiger partial charge >= 0.3 is 0 Å². The minimum atomic E-state index is 0.530. The third kappa shape index (κ3) is 3.22. The molecule has 0 bridgehead atoms. The summed E-state index contributed by atoms with van der Waals surface area (Å²) in [5, 5.41) is 4.40. The van der Waals surface area contributed by atoms with E-state index in [1.807, 2.05) is 26.0 Å². The molecule has 0 aliphatic rings. The van der Waals surface area contributed by atoms with E-state index in [0.717, 1.165) is 41.4 Å². The first kappa shape index (κ1) is 15.1. The van der Waals surface area contributed by atoms with E-state index in [1.165, 1.54) is 0 Å². The van der Waals surface area contributed by atoms with Crippen LogP contribution in [-0.2, 0) is 0 Å². The summed E-state index contributed by atoms with van der Waals surface area (Å²) in [6.45, 7) is 6.90. The fraction of sp³-hybridized carbons (Fsp3) is 0.333. The van der Waals surface area contributed by atoms with E-state index in [1.54, 1.807) is 6.07 Å². The first-order valence-corrected chi connectivity index (χ1v) is 7.33. The molecular formula is C15H17Cl2N3. The lowest BCUT2D eigenvalue weighted by Crippen LogP contribution is -2.07. The monoisotopic (exact) mass is 309 g/mol. The number of rotatable bonds is 4. The Morgan fingerprint density at radius 3 is 2.50 bits per heavy atom. The van der Waals surface area contributed by atoms with Crippen molar-refractivity contribution in [3.05, 3.63) is 39.6 Å². The van der Waals surface area contributed by atoms with Crippen LogP contribution in [0.2, 0.25) is 10.0 Å². The molecule has 3 nitrogen and oxygen atoms in total. The molecule has 0 saturated carbocycles. The van der Waals surface area contributed by atoms with Crippen molar-refractivity contribution in [3.8, 4) is 11.3 Å². The van der Waals surface area contributed by atoms with Crippen LogP contribution in [0.5, 0.6) is 0 Å². The van der Waals surface area contributed by atoms with Crippen LogP contribution in [0.4, 0.5) is 5.82 Å². The van der Waals surface area contributed by atoms with Crippen molar-refractivity contribution in [3.63, 3.8) is 0 Å². The van der Waals surface area contributed by atoms with Gasteiger partial charge in [-0.2, -0.15) is 0 Å². The van der Waals surface area contributed by atoms with Gasteiger partial charge in [-0.1, -0.05) is 36.2 Å². The van der Waals surface area contributed by atoms with E-state index in [-0.39, 0.29) is 0 Å². The number of benzene rings is 1. The Labute approximate surface area is 129 Å². The van der Waals surface area contributed by atoms with Gasteiger partial charge in [-0.3, -0.25) is 0 Å². The van der Waals surface area contributed by atoms with Crippen LogP contribution in [0.1, 0.15) is 24.7 Å². The Morgan fingerprint density at radius 2 is 1.85 bits per heavy atom. The van der Waals surface area contributed by atoms with E-state index in [4.69, 9.17) is 23.2 Å². The lowest BCUT2D eigenvalue weighted by Gasteiger charge is -2.13. The highest BCUT2D eigenvalue weighted by Gasteiger charge is 2.12. The Hall–Kier alpha value is -1.32. The van der Waals surface area contributed by atoms with Gasteiger partial charge in [-0.05, 0) is 32.4 Å². The van der Waals surface area contributed by atoms with Crippen molar-refractivity contribution in [2.75, 3.05) is 11.9 Å². The number of nitrogens with one attached hydrogen (secondary N) is 1. The van der Waals surface area contributed by atoms with Crippen molar-refractivity contribution >= 4 is 29.0 Å². The topological polar surface area (TPSA) is 37.8 Å². The number of hydrogen-bond acceptors (Lipinski definition) is 3. The molecule has 20 heavy (non-hydrogen) atoms. The quantitative estimate of drug-likeness (QED) is 0.873. The molecule has 0 spiro atoms. The third-order valence-electron chi connectivity index (χ3n) is 2.99. The summed E-state index contributed by atoms with van der Waals surface area (Å²) in [5.74, 6) is 1.61. The Kier molecular flexibility index (Phi) is 4.84. The van der Waals surface area contributed by atoms with Crippen LogP contribution < -0.4 is 5.32 Å². The molecule has 0 atom stereocenters. The number of nitrogens with zero attached hydrogens (tertiary/aromatic N) is 2. The molecule has 0 radical (unpaired) electrons. The number of halogens is 2. The fourth-order valence-corrected chi connectivity index (χ4v) is 2.27. The molecule has 1 aromatic heterocycles. The maximum Gasteiger partial charge on any atom is 0.133 e. The van der Waals surface area contributed by atoms with Crippen LogP contribution in [0.25, 0.3) is 11.3 Å². The molecule has 1 N–H and O–H groups in total. The number of anilines is 1. The van der Waals surface area contributed by atoms with Crippen LogP contribution in [-0.4, -0.2) is 16.5 Å². The molecule has 0 aliphatic carbocycles. The van der Waals surface area contributed by atoms with Gasteiger partial charge in [0.1, 0.15) is 11.6 Å². The number of aryl methyl sites for hydroxylation is 1. The highest BCUT2D eigenvalue weighted by atomic mass is 35.5. The smallest absolute Gasteiger partial charge is 0.133 e. The molecular weight excluding hydrogens is 293 g/mol. The number of aromatic nitrogens is 2. The zero-order chi connectivity index (χ0) is 14.7. The maximum atomic E-state index is 6.09. The summed E-state index contributed by atoms with van der Waals surface area (Å²) < 4.78 is 0. The predicted octanol–water partition coefficient (Wildman–Crippen LogP) is 4.89. The van der Waals surface area contributed by atoms with Gasteiger partial charge in [-0.15, -0.1) is 0 Å². The van der Waals surface area contributed by atoms with Crippen molar-refractivity contribution in [1.82, 2.24) is 9.97 Å². The lowest BCUT2D eigenvalue weighted by molar-refractivity contribution is 0.948. The average molecular weight is 310 g/mol. The van der Waals surface area contributed by atoms with Gasteiger partial charge in [0.25, 0.3) is 0 Å². The molecule has 1 aromatic carbocycles. The van der Waals surface area contributed by atoms with Gasteiger partial charge in [0.2, 0.25) is 0 Å². The van der Waals surface area contributed by atoms with Crippen molar-refractivity contribution < 1.29 is 0 Å². The molecule has 0 aliphatic heterocycles. The highest BCUT2D eigenvalue weighted by molar-refractivity contribution is 6.42. The molecule has 0 fully saturated rings. The van der Waals surface area contributed by atoms with E-state index in [0.29, 0.717) is 10.0 Å². The van der Waals surface area contributed by atoms with Crippen LogP contribution in [0.3, 0.4) is 0 Å². The average Bonchev–Trinajstić information content (AvgIpc) is 2.42. The summed E-state index contributed by atoms with van der Waals surface area (Å²) in [6.07, 6.45) is 1.05. The first-order valence-electron chi connectivity index (χ1n) is 6.57. The van der Waals surface area contributed by atoms with E-state index >= 15 is 0 Å². The van der Waals surface area contributed by atoms with Gasteiger partial charge in [0.15, 0.2) is 0 Å². The molecule has 5 heteroatoms. The van der Waals surface area contributed by atoms with E-state index < -0.39 is 0 Å². The summed E-state index contributed by atoms with van der Waals surface area (Å²) in [5.41, 5.74) is 2.85. The molecule has 0 amide bonds. The minimum absolute atomic E-state index is 0.530. The number of hydrogen-bond donors (Lipinski definition) is 1. The van der Waals surface area contributed by atoms with Crippen molar-refractivity contribution in [1.29, 1.82) is 0 Å². The second kappa shape index (κ2) is 6.42. The van der Waals surface area contributed by atoms with Gasteiger partial charge in [0, 0.05) is 17.7 Å². The van der Waals surface area contributed by atoms with E-state index in [9.17, 15) is 0 Å². The van der Waals surface area contributed by atoms with Crippen molar-refractivity contribution in [2.24, 2.45) is 0 Å². The first-order chi connectivity index (χ1) is 9.52. The molecule has 1 heterocycles. The van der Waals surface area contributed by atoms with E-state index in [2.05, 4.69) is 22.2 Å². The summed E-state index contributed by atoms with van der Waals surface area (Å²) in [4.78, 5) is 8.98. The SMILES string of the molecule is CCCNc1nc(C)nc(-c2ccc(Cl)c(Cl)c2)c1C. The largest absolute Gasteiger partial charge is 0.370 e. The molecule has 106 valence electrons. The van der Waals surface area contributed by atoms with Crippen LogP contribution in [0, 0.1) is 13.8 Å². The van der Waals surface area contributed by atoms with Crippen LogP contribution >= 0.6 is 23.2 Å². The zero-order valence-corrected chi connectivity index (χ0v) is 13.3. The van der Waals surface area contributed by atoms with Crippen LogP contribution in [0.15, 0.2) is 18.2 Å². The standard InChI is InChI=1S/C15H17Cl2N3/c1-4-7-18-15-9(2)14(19-10(3)20-15)11-5-6-12(16)13(17)8-11/h5-6,8H,4,7H2,1-3H3,(H,18,19,20).